The van der Waals surface area contributed by atoms with E-state index in [0.29, 0.717) is 25.0 Å². The fraction of sp³-hybridized carbons (Fsp3) is 0.720. The van der Waals surface area contributed by atoms with Crippen molar-refractivity contribution in [2.24, 2.45) is 17.6 Å². The summed E-state index contributed by atoms with van der Waals surface area (Å²) in [5.41, 5.74) is 11.7. The predicted molar refractivity (Wildman–Crippen MR) is 138 cm³/mol. The third-order valence-corrected chi connectivity index (χ3v) is 6.17. The van der Waals surface area contributed by atoms with Crippen LogP contribution in [0.15, 0.2) is 11.1 Å². The highest BCUT2D eigenvalue weighted by atomic mass is 16.5. The first-order valence-electron chi connectivity index (χ1n) is 13.0. The van der Waals surface area contributed by atoms with Crippen molar-refractivity contribution in [2.45, 2.75) is 91.1 Å². The lowest BCUT2D eigenvalue weighted by molar-refractivity contribution is -0.149. The molecule has 0 saturated carbocycles. The van der Waals surface area contributed by atoms with Crippen molar-refractivity contribution < 1.29 is 19.1 Å². The van der Waals surface area contributed by atoms with E-state index >= 15 is 0 Å². The quantitative estimate of drug-likeness (QED) is 0.216. The monoisotopic (exact) mass is 506 g/mol. The molecule has 2 aromatic heterocycles. The zero-order valence-corrected chi connectivity index (χ0v) is 21.8. The maximum Gasteiger partial charge on any atom is 0.323 e. The second kappa shape index (κ2) is 15.2. The molecule has 0 radical (unpaired) electrons. The molecular weight excluding hydrogens is 464 g/mol. The highest BCUT2D eigenvalue weighted by Crippen LogP contribution is 2.15. The van der Waals surface area contributed by atoms with Gasteiger partial charge in [0.25, 0.3) is 5.56 Å². The van der Waals surface area contributed by atoms with E-state index in [1.54, 1.807) is 4.57 Å². The van der Waals surface area contributed by atoms with E-state index in [2.05, 4.69) is 21.9 Å². The molecule has 1 unspecified atom stereocenters. The number of carbonyl (C=O) groups excluding carboxylic acids is 2. The number of hydrogen-bond acceptors (Lipinski definition) is 9. The summed E-state index contributed by atoms with van der Waals surface area (Å²) >= 11 is 0. The number of aromatic amines is 1. The van der Waals surface area contributed by atoms with Crippen LogP contribution >= 0.6 is 0 Å². The standard InChI is InChI=1S/C25H42N6O5/c1-4-5-6-7-8-9-10-11-19(32)35-13-12-18(15-36-24(34)20(26)17(2)3)14-31-16-28-21-22(31)29-25(27)30-23(21)33/h16-18,20H,4-15,26H2,1-3H3,(H3,27,29,30,33)/t18?,20-/m0/s1. The van der Waals surface area contributed by atoms with Crippen LogP contribution in [0.1, 0.15) is 78.6 Å². The van der Waals surface area contributed by atoms with Gasteiger partial charge in [0.05, 0.1) is 19.5 Å². The van der Waals surface area contributed by atoms with Gasteiger partial charge in [-0.15, -0.1) is 0 Å². The van der Waals surface area contributed by atoms with Crippen LogP contribution in [0.2, 0.25) is 0 Å². The summed E-state index contributed by atoms with van der Waals surface area (Å²) in [6.45, 7) is 6.49. The molecule has 0 fully saturated rings. The summed E-state index contributed by atoms with van der Waals surface area (Å²) in [4.78, 5) is 47.2. The molecule has 0 aliphatic carbocycles. The number of nitrogens with one attached hydrogen (secondary N) is 1. The molecular formula is C25H42N6O5. The van der Waals surface area contributed by atoms with Crippen molar-refractivity contribution in [1.29, 1.82) is 0 Å². The van der Waals surface area contributed by atoms with E-state index in [4.69, 9.17) is 20.9 Å². The first kappa shape index (κ1) is 29.3. The maximum atomic E-state index is 12.3. The number of fused-ring (bicyclic) bond motifs is 1. The van der Waals surface area contributed by atoms with Crippen LogP contribution in [0.3, 0.4) is 0 Å². The first-order chi connectivity index (χ1) is 17.2. The van der Waals surface area contributed by atoms with Crippen molar-refractivity contribution in [1.82, 2.24) is 19.5 Å². The molecule has 0 aliphatic heterocycles. The number of nitrogens with two attached hydrogens (primary N) is 2. The number of rotatable bonds is 17. The van der Waals surface area contributed by atoms with Gasteiger partial charge in [0.1, 0.15) is 6.04 Å². The molecule has 2 heterocycles. The van der Waals surface area contributed by atoms with E-state index in [9.17, 15) is 14.4 Å². The van der Waals surface area contributed by atoms with Gasteiger partial charge < -0.3 is 25.5 Å². The summed E-state index contributed by atoms with van der Waals surface area (Å²) in [6.07, 6.45) is 10.3. The highest BCUT2D eigenvalue weighted by Gasteiger charge is 2.22. The lowest BCUT2D eigenvalue weighted by Gasteiger charge is -2.20. The Kier molecular flexibility index (Phi) is 12.4. The van der Waals surface area contributed by atoms with E-state index in [-0.39, 0.29) is 42.5 Å². The van der Waals surface area contributed by atoms with Gasteiger partial charge in [0.2, 0.25) is 5.95 Å². The van der Waals surface area contributed by atoms with Crippen LogP contribution in [0.25, 0.3) is 11.2 Å². The molecule has 0 amide bonds. The second-order valence-corrected chi connectivity index (χ2v) is 9.67. The lowest BCUT2D eigenvalue weighted by Crippen LogP contribution is -2.38. The first-order valence-corrected chi connectivity index (χ1v) is 13.0. The summed E-state index contributed by atoms with van der Waals surface area (Å²) in [5.74, 6) is -1.01. The van der Waals surface area contributed by atoms with Gasteiger partial charge in [-0.2, -0.15) is 4.98 Å². The van der Waals surface area contributed by atoms with Crippen molar-refractivity contribution in [2.75, 3.05) is 18.9 Å². The summed E-state index contributed by atoms with van der Waals surface area (Å²) in [7, 11) is 0. The molecule has 2 atom stereocenters. The highest BCUT2D eigenvalue weighted by molar-refractivity contribution is 5.75. The van der Waals surface area contributed by atoms with Gasteiger partial charge >= 0.3 is 11.9 Å². The number of ether oxygens (including phenoxy) is 2. The van der Waals surface area contributed by atoms with Crippen molar-refractivity contribution >= 4 is 29.1 Å². The normalized spacial score (nSPS) is 13.1. The third kappa shape index (κ3) is 9.60. The minimum absolute atomic E-state index is 0.0144. The van der Waals surface area contributed by atoms with Crippen molar-refractivity contribution in [3.8, 4) is 0 Å². The summed E-state index contributed by atoms with van der Waals surface area (Å²) < 4.78 is 12.6. The number of esters is 2. The molecule has 11 heteroatoms. The second-order valence-electron chi connectivity index (χ2n) is 9.67. The Hall–Kier alpha value is -2.95. The van der Waals surface area contributed by atoms with Crippen molar-refractivity contribution in [3.05, 3.63) is 16.7 Å². The molecule has 11 nitrogen and oxygen atoms in total. The molecule has 5 N–H and O–H groups in total. The Labute approximate surface area is 212 Å². The minimum Gasteiger partial charge on any atom is -0.466 e. The Morgan fingerprint density at radius 3 is 2.50 bits per heavy atom. The van der Waals surface area contributed by atoms with Crippen LogP contribution in [-0.2, 0) is 25.6 Å². The summed E-state index contributed by atoms with van der Waals surface area (Å²) in [5, 5.41) is 0. The van der Waals surface area contributed by atoms with Crippen LogP contribution in [0, 0.1) is 11.8 Å². The Balaban J connectivity index is 1.91. The molecule has 2 rings (SSSR count). The summed E-state index contributed by atoms with van der Waals surface area (Å²) in [6, 6.07) is -0.723. The average molecular weight is 507 g/mol. The van der Waals surface area contributed by atoms with E-state index in [0.717, 1.165) is 19.3 Å². The molecule has 202 valence electrons. The molecule has 0 aromatic carbocycles. The van der Waals surface area contributed by atoms with Crippen LogP contribution in [-0.4, -0.2) is 50.7 Å². The number of nitrogens with zero attached hydrogens (tertiary/aromatic N) is 3. The number of carbonyl (C=O) groups is 2. The van der Waals surface area contributed by atoms with Gasteiger partial charge in [-0.05, 0) is 18.8 Å². The average Bonchev–Trinajstić information content (AvgIpc) is 3.23. The number of H-pyrrole nitrogens is 1. The lowest BCUT2D eigenvalue weighted by atomic mass is 10.1. The molecule has 0 saturated heterocycles. The molecule has 0 bridgehead atoms. The van der Waals surface area contributed by atoms with E-state index < -0.39 is 17.6 Å². The maximum absolute atomic E-state index is 12.3. The Morgan fingerprint density at radius 1 is 1.11 bits per heavy atom. The van der Waals surface area contributed by atoms with Crippen molar-refractivity contribution in [3.63, 3.8) is 0 Å². The number of hydrogen-bond donors (Lipinski definition) is 3. The number of anilines is 1. The predicted octanol–water partition coefficient (Wildman–Crippen LogP) is 2.92. The molecule has 0 aliphatic rings. The number of nitrogen functional groups attached to an aromatic ring is 1. The largest absolute Gasteiger partial charge is 0.466 e. The van der Waals surface area contributed by atoms with Gasteiger partial charge in [0.15, 0.2) is 11.2 Å². The van der Waals surface area contributed by atoms with Gasteiger partial charge in [-0.1, -0.05) is 59.3 Å². The third-order valence-electron chi connectivity index (χ3n) is 6.17. The van der Waals surface area contributed by atoms with Crippen LogP contribution in [0.4, 0.5) is 5.95 Å². The van der Waals surface area contributed by atoms with E-state index in [1.807, 2.05) is 13.8 Å². The Bertz CT molecular complexity index is 1020. The van der Waals surface area contributed by atoms with Gasteiger partial charge in [-0.25, -0.2) is 4.98 Å². The topological polar surface area (TPSA) is 168 Å². The fourth-order valence-electron chi connectivity index (χ4n) is 3.82. The molecule has 2 aromatic rings. The Morgan fingerprint density at radius 2 is 1.81 bits per heavy atom. The molecule has 0 spiro atoms. The zero-order valence-electron chi connectivity index (χ0n) is 21.8. The fourth-order valence-corrected chi connectivity index (χ4v) is 3.82. The minimum atomic E-state index is -0.723. The van der Waals surface area contributed by atoms with Crippen LogP contribution < -0.4 is 17.0 Å². The zero-order chi connectivity index (χ0) is 26.5. The SMILES string of the molecule is CCCCCCCCCC(=O)OCCC(COC(=O)[C@@H](N)C(C)C)Cn1cnc2c(=O)[nH]c(N)nc21. The van der Waals surface area contributed by atoms with Gasteiger partial charge in [0, 0.05) is 18.9 Å². The number of aromatic nitrogens is 4. The van der Waals surface area contributed by atoms with Crippen LogP contribution in [0.5, 0.6) is 0 Å². The smallest absolute Gasteiger partial charge is 0.323 e. The number of unbranched alkanes of at least 4 members (excludes halogenated alkanes) is 6. The van der Waals surface area contributed by atoms with Gasteiger partial charge in [-0.3, -0.25) is 19.4 Å². The molecule has 36 heavy (non-hydrogen) atoms. The van der Waals surface area contributed by atoms with E-state index in [1.165, 1.54) is 32.0 Å². The number of imidazole rings is 1.